The summed E-state index contributed by atoms with van der Waals surface area (Å²) in [6.45, 7) is 0. The van der Waals surface area contributed by atoms with Gasteiger partial charge in [-0.1, -0.05) is 70.1 Å². The molecule has 2 aromatic carbocycles. The second-order valence-corrected chi connectivity index (χ2v) is 8.59. The van der Waals surface area contributed by atoms with E-state index in [0.717, 1.165) is 17.1 Å². The first-order chi connectivity index (χ1) is 11.3. The maximum atomic E-state index is 12.0. The van der Waals surface area contributed by atoms with Crippen LogP contribution in [0.2, 0.25) is 0 Å². The van der Waals surface area contributed by atoms with Gasteiger partial charge >= 0.3 is 0 Å². The molecule has 1 atom stereocenters. The average molecular weight is 365 g/mol. The lowest BCUT2D eigenvalue weighted by molar-refractivity contribution is 0.414. The summed E-state index contributed by atoms with van der Waals surface area (Å²) in [4.78, 5) is 0. The van der Waals surface area contributed by atoms with E-state index in [2.05, 4.69) is 24.3 Å². The minimum absolute atomic E-state index is 0.580. The van der Waals surface area contributed by atoms with E-state index in [-0.39, 0.29) is 0 Å². The Morgan fingerprint density at radius 1 is 1.04 bits per heavy atom. The van der Waals surface area contributed by atoms with Crippen LogP contribution in [0.5, 0.6) is 5.75 Å². The van der Waals surface area contributed by atoms with E-state index in [1.807, 2.05) is 41.8 Å². The lowest BCUT2D eigenvalue weighted by atomic mass is 10.2. The summed E-state index contributed by atoms with van der Waals surface area (Å²) in [5.74, 6) is 2.97. The summed E-state index contributed by atoms with van der Waals surface area (Å²) >= 11 is 0. The fourth-order valence-corrected chi connectivity index (χ4v) is 4.72. The smallest absolute Gasteiger partial charge is 0.118 e. The van der Waals surface area contributed by atoms with Gasteiger partial charge in [0.2, 0.25) is 0 Å². The second-order valence-electron chi connectivity index (χ2n) is 4.81. The zero-order valence-corrected chi connectivity index (χ0v) is 15.5. The molecule has 0 saturated carbocycles. The Hall–Kier alpha value is -1.17. The molecule has 0 heterocycles. The molecule has 0 bridgehead atoms. The van der Waals surface area contributed by atoms with Crippen LogP contribution in [0, 0.1) is 0 Å². The van der Waals surface area contributed by atoms with Gasteiger partial charge in [-0.3, -0.25) is 4.21 Å². The maximum absolute atomic E-state index is 12.0. The predicted molar refractivity (Wildman–Crippen MR) is 104 cm³/mol. The van der Waals surface area contributed by atoms with Crippen molar-refractivity contribution in [2.24, 2.45) is 0 Å². The molecule has 2 aromatic rings. The standard InChI is InChI=1S/C18H20O2S3/c1-20-18-10-8-17(9-11-18)15-23(19)13-5-12-21-22-14-16-6-3-2-4-7-16/h2-12H,13-15H2,1H3/b12-5-. The number of methoxy groups -OCH3 is 1. The fraction of sp³-hybridized carbons (Fsp3) is 0.222. The lowest BCUT2D eigenvalue weighted by Crippen LogP contribution is -1.98. The Morgan fingerprint density at radius 3 is 2.48 bits per heavy atom. The number of hydrogen-bond acceptors (Lipinski definition) is 4. The molecule has 0 spiro atoms. The maximum Gasteiger partial charge on any atom is 0.118 e. The van der Waals surface area contributed by atoms with Gasteiger partial charge in [-0.25, -0.2) is 0 Å². The molecule has 5 heteroatoms. The molecule has 0 saturated heterocycles. The van der Waals surface area contributed by atoms with Crippen LogP contribution in [-0.4, -0.2) is 17.1 Å². The highest BCUT2D eigenvalue weighted by Gasteiger charge is 2.00. The summed E-state index contributed by atoms with van der Waals surface area (Å²) in [6, 6.07) is 18.1. The van der Waals surface area contributed by atoms with Crippen LogP contribution in [0.1, 0.15) is 11.1 Å². The Bertz CT molecular complexity index is 624. The van der Waals surface area contributed by atoms with Crippen molar-refractivity contribution in [3.8, 4) is 5.75 Å². The zero-order chi connectivity index (χ0) is 16.3. The van der Waals surface area contributed by atoms with Crippen LogP contribution in [0.4, 0.5) is 0 Å². The highest BCUT2D eigenvalue weighted by Crippen LogP contribution is 2.26. The van der Waals surface area contributed by atoms with Crippen molar-refractivity contribution in [1.29, 1.82) is 0 Å². The molecule has 1 unspecified atom stereocenters. The van der Waals surface area contributed by atoms with Crippen molar-refractivity contribution in [3.05, 3.63) is 77.2 Å². The Balaban J connectivity index is 1.63. The molecule has 2 rings (SSSR count). The first-order valence-electron chi connectivity index (χ1n) is 7.23. The van der Waals surface area contributed by atoms with E-state index in [1.54, 1.807) is 28.7 Å². The number of rotatable bonds is 9. The van der Waals surface area contributed by atoms with E-state index < -0.39 is 10.8 Å². The molecule has 23 heavy (non-hydrogen) atoms. The summed E-state index contributed by atoms with van der Waals surface area (Å²) in [6.07, 6.45) is 1.99. The minimum atomic E-state index is -0.871. The van der Waals surface area contributed by atoms with Crippen molar-refractivity contribution in [2.75, 3.05) is 12.9 Å². The fourth-order valence-electron chi connectivity index (χ4n) is 1.87. The predicted octanol–water partition coefficient (Wildman–Crippen LogP) is 5.04. The molecule has 0 aliphatic heterocycles. The van der Waals surface area contributed by atoms with Crippen LogP contribution in [0.15, 0.2) is 66.1 Å². The molecular weight excluding hydrogens is 344 g/mol. The van der Waals surface area contributed by atoms with Gasteiger partial charge in [0, 0.05) is 28.1 Å². The van der Waals surface area contributed by atoms with Crippen molar-refractivity contribution in [1.82, 2.24) is 0 Å². The van der Waals surface area contributed by atoms with Gasteiger partial charge in [0.1, 0.15) is 5.75 Å². The van der Waals surface area contributed by atoms with Crippen molar-refractivity contribution in [2.45, 2.75) is 11.5 Å². The summed E-state index contributed by atoms with van der Waals surface area (Å²) in [7, 11) is 4.24. The summed E-state index contributed by atoms with van der Waals surface area (Å²) in [5, 5.41) is 2.03. The van der Waals surface area contributed by atoms with Gasteiger partial charge in [-0.15, -0.1) is 0 Å². The van der Waals surface area contributed by atoms with E-state index in [0.29, 0.717) is 11.5 Å². The molecular formula is C18H20O2S3. The third-order valence-electron chi connectivity index (χ3n) is 3.06. The van der Waals surface area contributed by atoms with Gasteiger partial charge < -0.3 is 4.74 Å². The molecule has 0 radical (unpaired) electrons. The van der Waals surface area contributed by atoms with E-state index >= 15 is 0 Å². The Morgan fingerprint density at radius 2 is 1.78 bits per heavy atom. The van der Waals surface area contributed by atoms with Crippen molar-refractivity contribution in [3.63, 3.8) is 0 Å². The topological polar surface area (TPSA) is 26.3 Å². The molecule has 0 amide bonds. The Kier molecular flexibility index (Phi) is 8.36. The largest absolute Gasteiger partial charge is 0.497 e. The first kappa shape index (κ1) is 18.2. The SMILES string of the molecule is COc1ccc(CS(=O)C/C=C\SSCc2ccccc2)cc1. The number of ether oxygens (including phenoxy) is 1. The lowest BCUT2D eigenvalue weighted by Gasteiger charge is -2.02. The molecule has 0 aromatic heterocycles. The van der Waals surface area contributed by atoms with Gasteiger partial charge in [-0.05, 0) is 28.7 Å². The van der Waals surface area contributed by atoms with Crippen LogP contribution in [0.3, 0.4) is 0 Å². The molecule has 0 N–H and O–H groups in total. The molecule has 0 fully saturated rings. The molecule has 122 valence electrons. The molecule has 0 aliphatic rings. The first-order valence-corrected chi connectivity index (χ1v) is 11.1. The highest BCUT2D eigenvalue weighted by atomic mass is 33.1. The molecule has 0 aliphatic carbocycles. The van der Waals surface area contributed by atoms with Crippen LogP contribution in [-0.2, 0) is 22.3 Å². The van der Waals surface area contributed by atoms with Crippen LogP contribution in [0.25, 0.3) is 0 Å². The third-order valence-corrected chi connectivity index (χ3v) is 6.26. The van der Waals surface area contributed by atoms with Crippen LogP contribution < -0.4 is 4.74 Å². The van der Waals surface area contributed by atoms with E-state index in [1.165, 1.54) is 5.56 Å². The summed E-state index contributed by atoms with van der Waals surface area (Å²) in [5.41, 5.74) is 2.39. The number of hydrogen-bond donors (Lipinski definition) is 0. The van der Waals surface area contributed by atoms with E-state index in [4.69, 9.17) is 4.74 Å². The Labute approximate surface area is 148 Å². The minimum Gasteiger partial charge on any atom is -0.497 e. The third kappa shape index (κ3) is 7.29. The van der Waals surface area contributed by atoms with E-state index in [9.17, 15) is 4.21 Å². The van der Waals surface area contributed by atoms with Crippen LogP contribution >= 0.6 is 21.6 Å². The quantitative estimate of drug-likeness (QED) is 0.460. The van der Waals surface area contributed by atoms with Gasteiger partial charge in [0.15, 0.2) is 0 Å². The zero-order valence-electron chi connectivity index (χ0n) is 13.0. The van der Waals surface area contributed by atoms with Gasteiger partial charge in [-0.2, -0.15) is 0 Å². The summed E-state index contributed by atoms with van der Waals surface area (Å²) < 4.78 is 17.2. The second kappa shape index (κ2) is 10.6. The average Bonchev–Trinajstić information content (AvgIpc) is 2.59. The van der Waals surface area contributed by atoms with Crippen molar-refractivity contribution >= 4 is 32.4 Å². The highest BCUT2D eigenvalue weighted by molar-refractivity contribution is 8.77. The monoisotopic (exact) mass is 364 g/mol. The van der Waals surface area contributed by atoms with Gasteiger partial charge in [0.05, 0.1) is 7.11 Å². The normalized spacial score (nSPS) is 12.4. The van der Waals surface area contributed by atoms with Crippen molar-refractivity contribution < 1.29 is 8.95 Å². The molecule has 2 nitrogen and oxygen atoms in total. The number of benzene rings is 2. The van der Waals surface area contributed by atoms with Gasteiger partial charge in [0.25, 0.3) is 0 Å².